The normalized spacial score (nSPS) is 11.1. The third-order valence-electron chi connectivity index (χ3n) is 2.80. The molecule has 1 N–H and O–H groups in total. The van der Waals surface area contributed by atoms with E-state index >= 15 is 0 Å². The molecule has 0 atom stereocenters. The molecule has 0 amide bonds. The summed E-state index contributed by atoms with van der Waals surface area (Å²) < 4.78 is 5.63. The van der Waals surface area contributed by atoms with Crippen LogP contribution in [0.2, 0.25) is 0 Å². The summed E-state index contributed by atoms with van der Waals surface area (Å²) in [7, 11) is 0. The van der Waals surface area contributed by atoms with Crippen LogP contribution in [0.4, 0.5) is 0 Å². The zero-order chi connectivity index (χ0) is 13.4. The van der Waals surface area contributed by atoms with Crippen LogP contribution in [0.1, 0.15) is 32.4 Å². The third-order valence-corrected chi connectivity index (χ3v) is 2.80. The van der Waals surface area contributed by atoms with Crippen LogP contribution in [0.25, 0.3) is 6.08 Å². The number of pyridine rings is 1. The SMILES string of the molecule is CCC(CC)COc1ccc(/C=C/C(=O)O)nc1. The quantitative estimate of drug-likeness (QED) is 0.755. The van der Waals surface area contributed by atoms with Gasteiger partial charge in [0, 0.05) is 6.08 Å². The predicted octanol–water partition coefficient (Wildman–Crippen LogP) is 2.99. The summed E-state index contributed by atoms with van der Waals surface area (Å²) in [6.07, 6.45) is 6.33. The molecule has 0 spiro atoms. The molecule has 0 aliphatic heterocycles. The molecule has 1 heterocycles. The lowest BCUT2D eigenvalue weighted by atomic mass is 10.1. The fourth-order valence-electron chi connectivity index (χ4n) is 1.47. The highest BCUT2D eigenvalue weighted by Crippen LogP contribution is 2.14. The second-order valence-electron chi connectivity index (χ2n) is 4.08. The van der Waals surface area contributed by atoms with Crippen LogP contribution in [0.5, 0.6) is 5.75 Å². The van der Waals surface area contributed by atoms with Gasteiger partial charge < -0.3 is 9.84 Å². The molecule has 1 aromatic heterocycles. The number of hydrogen-bond donors (Lipinski definition) is 1. The van der Waals surface area contributed by atoms with Gasteiger partial charge in [0.15, 0.2) is 0 Å². The van der Waals surface area contributed by atoms with Crippen molar-refractivity contribution in [3.05, 3.63) is 30.1 Å². The maximum absolute atomic E-state index is 10.3. The molecule has 0 aromatic carbocycles. The van der Waals surface area contributed by atoms with Gasteiger partial charge in [-0.05, 0) is 24.1 Å². The minimum absolute atomic E-state index is 0.566. The van der Waals surface area contributed by atoms with Crippen molar-refractivity contribution in [1.29, 1.82) is 0 Å². The van der Waals surface area contributed by atoms with Crippen molar-refractivity contribution in [1.82, 2.24) is 4.98 Å². The standard InChI is InChI=1S/C14H19NO3/c1-3-11(4-2)10-18-13-7-5-12(15-9-13)6-8-14(16)17/h5-9,11H,3-4,10H2,1-2H3,(H,16,17)/b8-6+. The summed E-state index contributed by atoms with van der Waals surface area (Å²) in [6.45, 7) is 4.99. The van der Waals surface area contributed by atoms with Gasteiger partial charge in [0.2, 0.25) is 0 Å². The minimum Gasteiger partial charge on any atom is -0.492 e. The van der Waals surface area contributed by atoms with E-state index in [1.54, 1.807) is 18.3 Å². The lowest BCUT2D eigenvalue weighted by molar-refractivity contribution is -0.131. The summed E-state index contributed by atoms with van der Waals surface area (Å²) in [5, 5.41) is 8.49. The Kier molecular flexibility index (Phi) is 5.91. The lowest BCUT2D eigenvalue weighted by Gasteiger charge is -2.13. The van der Waals surface area contributed by atoms with E-state index in [1.807, 2.05) is 0 Å². The number of carboxylic acids is 1. The van der Waals surface area contributed by atoms with Gasteiger partial charge >= 0.3 is 5.97 Å². The van der Waals surface area contributed by atoms with Gasteiger partial charge in [0.1, 0.15) is 5.75 Å². The number of carbonyl (C=O) groups is 1. The van der Waals surface area contributed by atoms with E-state index in [-0.39, 0.29) is 0 Å². The molecule has 0 saturated heterocycles. The Morgan fingerprint density at radius 3 is 2.67 bits per heavy atom. The maximum atomic E-state index is 10.3. The molecule has 0 aliphatic carbocycles. The van der Waals surface area contributed by atoms with Crippen molar-refractivity contribution in [3.8, 4) is 5.75 Å². The largest absolute Gasteiger partial charge is 0.492 e. The summed E-state index contributed by atoms with van der Waals surface area (Å²) in [6, 6.07) is 3.54. The Hall–Kier alpha value is -1.84. The molecule has 4 heteroatoms. The van der Waals surface area contributed by atoms with E-state index in [0.717, 1.165) is 24.7 Å². The summed E-state index contributed by atoms with van der Waals surface area (Å²) >= 11 is 0. The molecular weight excluding hydrogens is 230 g/mol. The second kappa shape index (κ2) is 7.48. The first-order valence-electron chi connectivity index (χ1n) is 6.15. The Bertz CT molecular complexity index is 394. The average molecular weight is 249 g/mol. The number of carboxylic acid groups (broad SMARTS) is 1. The van der Waals surface area contributed by atoms with Crippen LogP contribution in [0.15, 0.2) is 24.4 Å². The Morgan fingerprint density at radius 1 is 1.44 bits per heavy atom. The summed E-state index contributed by atoms with van der Waals surface area (Å²) in [4.78, 5) is 14.4. The van der Waals surface area contributed by atoms with E-state index in [4.69, 9.17) is 9.84 Å². The number of aromatic nitrogens is 1. The van der Waals surface area contributed by atoms with Gasteiger partial charge in [-0.2, -0.15) is 0 Å². The number of hydrogen-bond acceptors (Lipinski definition) is 3. The summed E-state index contributed by atoms with van der Waals surface area (Å²) in [5.74, 6) is 0.303. The van der Waals surface area contributed by atoms with Crippen molar-refractivity contribution in [2.75, 3.05) is 6.61 Å². The number of aliphatic carboxylic acids is 1. The molecule has 18 heavy (non-hydrogen) atoms. The van der Waals surface area contributed by atoms with Crippen molar-refractivity contribution in [3.63, 3.8) is 0 Å². The molecule has 0 saturated carbocycles. The Morgan fingerprint density at radius 2 is 2.17 bits per heavy atom. The molecule has 4 nitrogen and oxygen atoms in total. The number of rotatable bonds is 7. The van der Waals surface area contributed by atoms with Crippen LogP contribution in [-0.4, -0.2) is 22.7 Å². The lowest BCUT2D eigenvalue weighted by Crippen LogP contribution is -2.10. The summed E-state index contributed by atoms with van der Waals surface area (Å²) in [5.41, 5.74) is 0.604. The van der Waals surface area contributed by atoms with E-state index in [2.05, 4.69) is 18.8 Å². The first-order valence-corrected chi connectivity index (χ1v) is 6.15. The zero-order valence-corrected chi connectivity index (χ0v) is 10.8. The van der Waals surface area contributed by atoms with Gasteiger partial charge in [-0.25, -0.2) is 4.79 Å². The van der Waals surface area contributed by atoms with Crippen LogP contribution in [-0.2, 0) is 4.79 Å². The van der Waals surface area contributed by atoms with Gasteiger partial charge in [0.25, 0.3) is 0 Å². The van der Waals surface area contributed by atoms with Gasteiger partial charge in [-0.1, -0.05) is 26.7 Å². The molecule has 0 radical (unpaired) electrons. The molecule has 1 aromatic rings. The second-order valence-corrected chi connectivity index (χ2v) is 4.08. The van der Waals surface area contributed by atoms with E-state index in [9.17, 15) is 4.79 Å². The molecule has 0 fully saturated rings. The Labute approximate surface area is 107 Å². The zero-order valence-electron chi connectivity index (χ0n) is 10.8. The Balaban J connectivity index is 2.52. The van der Waals surface area contributed by atoms with Crippen LogP contribution in [0.3, 0.4) is 0 Å². The fraction of sp³-hybridized carbons (Fsp3) is 0.429. The first kappa shape index (κ1) is 14.2. The fourth-order valence-corrected chi connectivity index (χ4v) is 1.47. The molecule has 1 rings (SSSR count). The average Bonchev–Trinajstić information content (AvgIpc) is 2.39. The minimum atomic E-state index is -0.981. The molecular formula is C14H19NO3. The van der Waals surface area contributed by atoms with Crippen molar-refractivity contribution >= 4 is 12.0 Å². The maximum Gasteiger partial charge on any atom is 0.328 e. The third kappa shape index (κ3) is 4.99. The van der Waals surface area contributed by atoms with E-state index in [0.29, 0.717) is 18.2 Å². The topological polar surface area (TPSA) is 59.4 Å². The first-order chi connectivity index (χ1) is 8.65. The van der Waals surface area contributed by atoms with Crippen LogP contribution in [0, 0.1) is 5.92 Å². The monoisotopic (exact) mass is 249 g/mol. The van der Waals surface area contributed by atoms with Gasteiger partial charge in [-0.15, -0.1) is 0 Å². The highest BCUT2D eigenvalue weighted by molar-refractivity contribution is 5.84. The van der Waals surface area contributed by atoms with Crippen molar-refractivity contribution in [2.45, 2.75) is 26.7 Å². The van der Waals surface area contributed by atoms with E-state index in [1.165, 1.54) is 6.08 Å². The van der Waals surface area contributed by atoms with Crippen molar-refractivity contribution < 1.29 is 14.6 Å². The molecule has 98 valence electrons. The smallest absolute Gasteiger partial charge is 0.328 e. The molecule has 0 bridgehead atoms. The number of nitrogens with zero attached hydrogens (tertiary/aromatic N) is 1. The van der Waals surface area contributed by atoms with Crippen LogP contribution >= 0.6 is 0 Å². The van der Waals surface area contributed by atoms with Gasteiger partial charge in [0.05, 0.1) is 18.5 Å². The highest BCUT2D eigenvalue weighted by atomic mass is 16.5. The predicted molar refractivity (Wildman–Crippen MR) is 70.5 cm³/mol. The molecule has 0 unspecified atom stereocenters. The molecule has 0 aliphatic rings. The van der Waals surface area contributed by atoms with Gasteiger partial charge in [-0.3, -0.25) is 4.98 Å². The van der Waals surface area contributed by atoms with E-state index < -0.39 is 5.97 Å². The highest BCUT2D eigenvalue weighted by Gasteiger charge is 2.04. The van der Waals surface area contributed by atoms with Crippen molar-refractivity contribution in [2.24, 2.45) is 5.92 Å². The van der Waals surface area contributed by atoms with Crippen LogP contribution < -0.4 is 4.74 Å². The number of ether oxygens (including phenoxy) is 1.